The third-order valence-electron chi connectivity index (χ3n) is 1.76. The van der Waals surface area contributed by atoms with Gasteiger partial charge in [-0.2, -0.15) is 0 Å². The molecule has 0 saturated heterocycles. The van der Waals surface area contributed by atoms with Crippen LogP contribution in [-0.4, -0.2) is 24.1 Å². The van der Waals surface area contributed by atoms with Crippen LogP contribution in [0, 0.1) is 13.8 Å². The Hall–Kier alpha value is -0.830. The summed E-state index contributed by atoms with van der Waals surface area (Å²) < 4.78 is 0. The molecule has 0 aliphatic carbocycles. The van der Waals surface area contributed by atoms with Gasteiger partial charge in [0.2, 0.25) is 5.28 Å². The molecule has 0 spiro atoms. The van der Waals surface area contributed by atoms with Gasteiger partial charge in [-0.3, -0.25) is 0 Å². The summed E-state index contributed by atoms with van der Waals surface area (Å²) in [4.78, 5) is 10.1. The van der Waals surface area contributed by atoms with E-state index in [0.717, 1.165) is 17.1 Å². The van der Waals surface area contributed by atoms with Crippen molar-refractivity contribution in [3.8, 4) is 0 Å². The van der Waals surface area contributed by atoms with Crippen molar-refractivity contribution in [3.63, 3.8) is 0 Å². The summed E-state index contributed by atoms with van der Waals surface area (Å²) in [5, 5.41) is 0.307. The van der Waals surface area contributed by atoms with Gasteiger partial charge < -0.3 is 4.90 Å². The van der Waals surface area contributed by atoms with E-state index < -0.39 is 0 Å². The van der Waals surface area contributed by atoms with Crippen LogP contribution in [0.3, 0.4) is 0 Å². The number of aromatic nitrogens is 2. The highest BCUT2D eigenvalue weighted by molar-refractivity contribution is 6.28. The minimum absolute atomic E-state index is 0.307. The van der Waals surface area contributed by atoms with Crippen molar-refractivity contribution in [1.82, 2.24) is 9.97 Å². The maximum Gasteiger partial charge on any atom is 0.224 e. The van der Waals surface area contributed by atoms with E-state index in [-0.39, 0.29) is 0 Å². The molecule has 0 unspecified atom stereocenters. The summed E-state index contributed by atoms with van der Waals surface area (Å²) in [5.41, 5.74) is 2.00. The molecule has 66 valence electrons. The Kier molecular flexibility index (Phi) is 2.52. The zero-order valence-corrected chi connectivity index (χ0v) is 8.48. The highest BCUT2D eigenvalue weighted by atomic mass is 35.5. The van der Waals surface area contributed by atoms with Crippen LogP contribution in [0.1, 0.15) is 11.3 Å². The molecular weight excluding hydrogens is 174 g/mol. The maximum atomic E-state index is 5.72. The molecule has 0 fully saturated rings. The molecule has 4 heteroatoms. The fourth-order valence-corrected chi connectivity index (χ4v) is 1.22. The van der Waals surface area contributed by atoms with Crippen molar-refractivity contribution in [2.75, 3.05) is 19.0 Å². The van der Waals surface area contributed by atoms with Gasteiger partial charge in [0, 0.05) is 25.4 Å². The highest BCUT2D eigenvalue weighted by Gasteiger charge is 2.07. The normalized spacial score (nSPS) is 10.1. The van der Waals surface area contributed by atoms with Crippen LogP contribution in [0.4, 0.5) is 5.82 Å². The molecule has 3 nitrogen and oxygen atoms in total. The molecule has 0 radical (unpaired) electrons. The van der Waals surface area contributed by atoms with Crippen LogP contribution < -0.4 is 4.90 Å². The Morgan fingerprint density at radius 3 is 2.25 bits per heavy atom. The third-order valence-corrected chi connectivity index (χ3v) is 1.93. The number of hydrogen-bond donors (Lipinski definition) is 0. The van der Waals surface area contributed by atoms with Crippen LogP contribution in [0.5, 0.6) is 0 Å². The van der Waals surface area contributed by atoms with E-state index in [1.807, 2.05) is 32.8 Å². The van der Waals surface area contributed by atoms with Crippen molar-refractivity contribution in [1.29, 1.82) is 0 Å². The number of hydrogen-bond acceptors (Lipinski definition) is 3. The molecule has 0 N–H and O–H groups in total. The molecule has 0 aliphatic rings. The summed E-state index contributed by atoms with van der Waals surface area (Å²) in [7, 11) is 3.87. The van der Waals surface area contributed by atoms with E-state index >= 15 is 0 Å². The van der Waals surface area contributed by atoms with E-state index in [1.54, 1.807) is 0 Å². The Morgan fingerprint density at radius 1 is 1.17 bits per heavy atom. The third kappa shape index (κ3) is 1.67. The quantitative estimate of drug-likeness (QED) is 0.625. The van der Waals surface area contributed by atoms with E-state index in [0.29, 0.717) is 5.28 Å². The molecule has 0 atom stereocenters. The molecule has 1 heterocycles. The first-order valence-corrected chi connectivity index (χ1v) is 4.08. The van der Waals surface area contributed by atoms with Gasteiger partial charge in [-0.05, 0) is 25.4 Å². The zero-order chi connectivity index (χ0) is 9.30. The van der Waals surface area contributed by atoms with Crippen LogP contribution in [0.25, 0.3) is 0 Å². The van der Waals surface area contributed by atoms with Crippen molar-refractivity contribution in [2.45, 2.75) is 13.8 Å². The largest absolute Gasteiger partial charge is 0.362 e. The Bertz CT molecular complexity index is 297. The van der Waals surface area contributed by atoms with Gasteiger partial charge in [-0.15, -0.1) is 0 Å². The Labute approximate surface area is 77.4 Å². The predicted octanol–water partition coefficient (Wildman–Crippen LogP) is 1.81. The molecule has 0 saturated carbocycles. The topological polar surface area (TPSA) is 29.0 Å². The predicted molar refractivity (Wildman–Crippen MR) is 50.8 cm³/mol. The lowest BCUT2D eigenvalue weighted by molar-refractivity contribution is 0.987. The van der Waals surface area contributed by atoms with Crippen LogP contribution in [-0.2, 0) is 0 Å². The fraction of sp³-hybridized carbons (Fsp3) is 0.500. The molecule has 0 amide bonds. The summed E-state index contributed by atoms with van der Waals surface area (Å²) in [5.74, 6) is 0.882. The van der Waals surface area contributed by atoms with Gasteiger partial charge in [0.25, 0.3) is 0 Å². The van der Waals surface area contributed by atoms with Gasteiger partial charge in [0.15, 0.2) is 0 Å². The Morgan fingerprint density at radius 2 is 1.75 bits per heavy atom. The van der Waals surface area contributed by atoms with E-state index in [2.05, 4.69) is 9.97 Å². The second-order valence-corrected chi connectivity index (χ2v) is 3.26. The minimum atomic E-state index is 0.307. The molecule has 0 aliphatic heterocycles. The first-order valence-electron chi connectivity index (χ1n) is 3.70. The van der Waals surface area contributed by atoms with Gasteiger partial charge in [-0.1, -0.05) is 0 Å². The molecule has 0 aromatic carbocycles. The number of anilines is 1. The monoisotopic (exact) mass is 185 g/mol. The van der Waals surface area contributed by atoms with Crippen molar-refractivity contribution in [2.24, 2.45) is 0 Å². The smallest absolute Gasteiger partial charge is 0.224 e. The number of aryl methyl sites for hydroxylation is 1. The van der Waals surface area contributed by atoms with E-state index in [9.17, 15) is 0 Å². The zero-order valence-electron chi connectivity index (χ0n) is 7.72. The summed E-state index contributed by atoms with van der Waals surface area (Å²) in [6.07, 6.45) is 0. The van der Waals surface area contributed by atoms with E-state index in [1.165, 1.54) is 0 Å². The first kappa shape index (κ1) is 9.26. The SMILES string of the molecule is Cc1nc(Cl)nc(N(C)C)c1C. The number of nitrogens with zero attached hydrogens (tertiary/aromatic N) is 3. The molecule has 1 rings (SSSR count). The van der Waals surface area contributed by atoms with Gasteiger partial charge in [0.1, 0.15) is 5.82 Å². The molecule has 0 bridgehead atoms. The molecular formula is C8H12ClN3. The lowest BCUT2D eigenvalue weighted by Gasteiger charge is -2.14. The average Bonchev–Trinajstić information content (AvgIpc) is 1.96. The van der Waals surface area contributed by atoms with E-state index in [4.69, 9.17) is 11.6 Å². The lowest BCUT2D eigenvalue weighted by Crippen LogP contribution is -2.13. The van der Waals surface area contributed by atoms with Crippen molar-refractivity contribution >= 4 is 17.4 Å². The molecule has 1 aromatic heterocycles. The molecule has 1 aromatic rings. The lowest BCUT2D eigenvalue weighted by atomic mass is 10.2. The van der Waals surface area contributed by atoms with Gasteiger partial charge in [-0.25, -0.2) is 9.97 Å². The van der Waals surface area contributed by atoms with Crippen LogP contribution >= 0.6 is 11.6 Å². The second-order valence-electron chi connectivity index (χ2n) is 2.92. The average molecular weight is 186 g/mol. The van der Waals surface area contributed by atoms with Crippen molar-refractivity contribution in [3.05, 3.63) is 16.5 Å². The van der Waals surface area contributed by atoms with Gasteiger partial charge >= 0.3 is 0 Å². The van der Waals surface area contributed by atoms with Crippen LogP contribution in [0.15, 0.2) is 0 Å². The summed E-state index contributed by atoms with van der Waals surface area (Å²) >= 11 is 5.72. The standard InChI is InChI=1S/C8H12ClN3/c1-5-6(2)10-8(9)11-7(5)12(3)4/h1-4H3. The van der Waals surface area contributed by atoms with Crippen LogP contribution in [0.2, 0.25) is 5.28 Å². The second kappa shape index (κ2) is 3.27. The highest BCUT2D eigenvalue weighted by Crippen LogP contribution is 2.18. The number of halogens is 1. The summed E-state index contributed by atoms with van der Waals surface area (Å²) in [6.45, 7) is 3.91. The minimum Gasteiger partial charge on any atom is -0.362 e. The maximum absolute atomic E-state index is 5.72. The Balaban J connectivity index is 3.28. The fourth-order valence-electron chi connectivity index (χ4n) is 1.02. The van der Waals surface area contributed by atoms with Crippen molar-refractivity contribution < 1.29 is 0 Å². The van der Waals surface area contributed by atoms with Gasteiger partial charge in [0.05, 0.1) is 0 Å². The number of rotatable bonds is 1. The summed E-state index contributed by atoms with van der Waals surface area (Å²) in [6, 6.07) is 0. The first-order chi connectivity index (χ1) is 5.52. The molecule has 12 heavy (non-hydrogen) atoms.